The first-order valence-electron chi connectivity index (χ1n) is 30.1. The summed E-state index contributed by atoms with van der Waals surface area (Å²) in [6.45, 7) is 23.8. The number of nitrogens with zero attached hydrogens (tertiary/aromatic N) is 2. The second kappa shape index (κ2) is 24.5. The summed E-state index contributed by atoms with van der Waals surface area (Å²) in [5.41, 5.74) is -6.30. The molecule has 1 amide bonds. The van der Waals surface area contributed by atoms with Crippen molar-refractivity contribution in [3.63, 3.8) is 0 Å². The van der Waals surface area contributed by atoms with Gasteiger partial charge in [0.2, 0.25) is 0 Å². The molecule has 4 aliphatic carbocycles. The summed E-state index contributed by atoms with van der Waals surface area (Å²) < 4.78 is 38.6. The van der Waals surface area contributed by atoms with Crippen molar-refractivity contribution < 1.29 is 73.8 Å². The normalized spacial score (nSPS) is 50.3. The number of carbonyl (C=O) groups is 2. The van der Waals surface area contributed by atoms with Crippen LogP contribution >= 0.6 is 0 Å². The second-order valence-electron chi connectivity index (χ2n) is 27.4. The molecule has 79 heavy (non-hydrogen) atoms. The number of β-amino-alcohol motifs (C(OH)–C–C–N with tert-alkyl or cyclic N) is 1. The Labute approximate surface area is 472 Å². The van der Waals surface area contributed by atoms with E-state index >= 15 is 0 Å². The van der Waals surface area contributed by atoms with Gasteiger partial charge in [-0.05, 0) is 132 Å². The fraction of sp³-hybridized carbons (Fsp3) is 0.902. The number of amides is 1. The van der Waals surface area contributed by atoms with Gasteiger partial charge in [-0.2, -0.15) is 0 Å². The van der Waals surface area contributed by atoms with Crippen molar-refractivity contribution in [2.45, 2.75) is 256 Å². The van der Waals surface area contributed by atoms with E-state index in [1.165, 1.54) is 19.6 Å². The van der Waals surface area contributed by atoms with Gasteiger partial charge >= 0.3 is 5.97 Å². The summed E-state index contributed by atoms with van der Waals surface area (Å²) in [4.78, 5) is 33.3. The number of nitrogens with one attached hydrogen (secondary N) is 1. The average molecular weight is 1120 g/mol. The molecular weight excluding hydrogens is 1010 g/mol. The van der Waals surface area contributed by atoms with Crippen LogP contribution in [0.4, 0.5) is 0 Å². The van der Waals surface area contributed by atoms with Crippen molar-refractivity contribution in [3.05, 3.63) is 23.8 Å². The van der Waals surface area contributed by atoms with Gasteiger partial charge in [-0.25, -0.2) is 0 Å². The van der Waals surface area contributed by atoms with Crippen molar-refractivity contribution in [3.8, 4) is 0 Å². The van der Waals surface area contributed by atoms with Crippen molar-refractivity contribution >= 4 is 11.9 Å². The highest BCUT2D eigenvalue weighted by molar-refractivity contribution is 5.87. The molecule has 3 saturated carbocycles. The van der Waals surface area contributed by atoms with E-state index in [1.54, 1.807) is 48.5 Å². The Hall–Kier alpha value is -2.14. The van der Waals surface area contributed by atoms with E-state index in [4.69, 9.17) is 28.4 Å². The molecule has 0 aromatic carbocycles. The van der Waals surface area contributed by atoms with Crippen molar-refractivity contribution in [1.29, 1.82) is 0 Å². The number of fused-ring (bicyclic) bond motifs is 5. The third kappa shape index (κ3) is 12.2. The van der Waals surface area contributed by atoms with Gasteiger partial charge in [0.15, 0.2) is 18.2 Å². The third-order valence-electron chi connectivity index (χ3n) is 21.5. The van der Waals surface area contributed by atoms with Crippen LogP contribution in [-0.4, -0.2) is 200 Å². The molecule has 3 heterocycles. The number of rotatable bonds is 12. The zero-order valence-corrected chi connectivity index (χ0v) is 50.8. The third-order valence-corrected chi connectivity index (χ3v) is 21.5. The maximum absolute atomic E-state index is 14.7. The molecule has 3 aliphatic heterocycles. The van der Waals surface area contributed by atoms with Crippen LogP contribution in [0.1, 0.15) is 154 Å². The first-order valence-corrected chi connectivity index (χ1v) is 30.1. The van der Waals surface area contributed by atoms with E-state index in [1.807, 2.05) is 46.7 Å². The Bertz CT molecular complexity index is 2160. The van der Waals surface area contributed by atoms with E-state index in [2.05, 4.69) is 35.4 Å². The lowest BCUT2D eigenvalue weighted by molar-refractivity contribution is -0.308. The van der Waals surface area contributed by atoms with E-state index in [0.717, 1.165) is 25.7 Å². The van der Waals surface area contributed by atoms with Crippen LogP contribution in [0.2, 0.25) is 0 Å². The molecule has 18 nitrogen and oxygen atoms in total. The molecular formula is C61H105N3O15. The van der Waals surface area contributed by atoms with Gasteiger partial charge in [-0.1, -0.05) is 65.3 Å². The van der Waals surface area contributed by atoms with Crippen LogP contribution in [0.3, 0.4) is 0 Å². The molecule has 0 aromatic heterocycles. The molecule has 0 spiro atoms. The van der Waals surface area contributed by atoms with Gasteiger partial charge in [0, 0.05) is 80.3 Å². The zero-order chi connectivity index (χ0) is 58.7. The van der Waals surface area contributed by atoms with Gasteiger partial charge in [-0.15, -0.1) is 0 Å². The van der Waals surface area contributed by atoms with Crippen molar-refractivity contribution in [1.82, 2.24) is 15.1 Å². The highest BCUT2D eigenvalue weighted by atomic mass is 16.7. The molecule has 7 aliphatic rings. The molecule has 0 radical (unpaired) electrons. The fourth-order valence-corrected chi connectivity index (χ4v) is 16.6. The molecule has 0 bridgehead atoms. The van der Waals surface area contributed by atoms with E-state index < -0.39 is 119 Å². The first kappa shape index (κ1) is 64.4. The summed E-state index contributed by atoms with van der Waals surface area (Å²) >= 11 is 0. The molecule has 5 unspecified atom stereocenters. The lowest BCUT2D eigenvalue weighted by atomic mass is 9.46. The molecule has 0 aromatic rings. The number of allylic oxidation sites excluding steroid dienone is 4. The number of hydrogen-bond donors (Lipinski definition) is 8. The fourth-order valence-electron chi connectivity index (χ4n) is 16.6. The lowest BCUT2D eigenvalue weighted by Crippen LogP contribution is -2.64. The monoisotopic (exact) mass is 1120 g/mol. The first-order chi connectivity index (χ1) is 36.7. The predicted molar refractivity (Wildman–Crippen MR) is 298 cm³/mol. The summed E-state index contributed by atoms with van der Waals surface area (Å²) in [5, 5.41) is 89.0. The lowest BCUT2D eigenvalue weighted by Gasteiger charge is -2.59. The summed E-state index contributed by atoms with van der Waals surface area (Å²) in [7, 11) is 5.51. The number of esters is 1. The largest absolute Gasteiger partial charge is 0.459 e. The Balaban J connectivity index is 1.16. The maximum Gasteiger partial charge on any atom is 0.311 e. The van der Waals surface area contributed by atoms with E-state index in [-0.39, 0.29) is 86.0 Å². The number of methoxy groups -OCH3 is 1. The SMILES string of the molecule is CC[C@H]1OC(=O)[C@H](C)[C@@H](O[C@@H]2C[C@](C)(OC)[C@H](O)[C@@H](C)O2)[C@H](C)[C@@H](O[C@@H]2O[C@H](C)CC(N(C)C)[C@H]2C)[C@H](O)CC(C)(O)CN(CCCNC(=O)[C@@]2(O)[C@H](C)CC3C4CCC5=CCC=C[C@]5(C)C4[C@@H](O)C[C@@]32C)[C@H](C)[C@@H](O)[C@]1(C)O. The van der Waals surface area contributed by atoms with Crippen LogP contribution < -0.4 is 5.32 Å². The Kier molecular flexibility index (Phi) is 19.9. The van der Waals surface area contributed by atoms with Gasteiger partial charge in [0.1, 0.15) is 23.9 Å². The number of cyclic esters (lactones) is 1. The van der Waals surface area contributed by atoms with E-state index in [0.29, 0.717) is 19.3 Å². The van der Waals surface area contributed by atoms with Crippen LogP contribution in [0, 0.1) is 52.3 Å². The van der Waals surface area contributed by atoms with Gasteiger partial charge < -0.3 is 74.4 Å². The number of hydrogen-bond acceptors (Lipinski definition) is 17. The molecule has 8 N–H and O–H groups in total. The Morgan fingerprint density at radius 2 is 1.56 bits per heavy atom. The van der Waals surface area contributed by atoms with Crippen LogP contribution in [0.25, 0.3) is 0 Å². The minimum absolute atomic E-state index is 0.00451. The number of ether oxygens (including phenoxy) is 6. The average Bonchev–Trinajstić information content (AvgIpc) is 3.89. The van der Waals surface area contributed by atoms with Crippen molar-refractivity contribution in [2.75, 3.05) is 40.8 Å². The van der Waals surface area contributed by atoms with Gasteiger partial charge in [-0.3, -0.25) is 14.5 Å². The number of carbonyl (C=O) groups excluding carboxylic acids is 2. The van der Waals surface area contributed by atoms with Crippen molar-refractivity contribution in [2.24, 2.45) is 52.3 Å². The second-order valence-corrected chi connectivity index (χ2v) is 27.4. The predicted octanol–water partition coefficient (Wildman–Crippen LogP) is 4.85. The summed E-state index contributed by atoms with van der Waals surface area (Å²) in [6, 6.07) is -0.823. The molecule has 454 valence electrons. The molecule has 7 rings (SSSR count). The summed E-state index contributed by atoms with van der Waals surface area (Å²) in [5.74, 6) is -3.52. The maximum atomic E-state index is 14.7. The van der Waals surface area contributed by atoms with Gasteiger partial charge in [0.25, 0.3) is 5.91 Å². The number of aliphatic hydroxyl groups is 7. The minimum Gasteiger partial charge on any atom is -0.459 e. The van der Waals surface area contributed by atoms with Crippen LogP contribution in [-0.2, 0) is 38.0 Å². The van der Waals surface area contributed by atoms with E-state index in [9.17, 15) is 45.3 Å². The highest BCUT2D eigenvalue weighted by Gasteiger charge is 2.71. The molecule has 6 fully saturated rings. The molecule has 3 saturated heterocycles. The molecule has 18 heteroatoms. The quantitative estimate of drug-likeness (QED) is 0.0739. The highest BCUT2D eigenvalue weighted by Crippen LogP contribution is 2.68. The smallest absolute Gasteiger partial charge is 0.311 e. The van der Waals surface area contributed by atoms with Crippen LogP contribution in [0.5, 0.6) is 0 Å². The topological polar surface area (TPSA) is 250 Å². The zero-order valence-electron chi connectivity index (χ0n) is 50.8. The van der Waals surface area contributed by atoms with Gasteiger partial charge in [0.05, 0.1) is 53.7 Å². The Morgan fingerprint density at radius 1 is 0.873 bits per heavy atom. The summed E-state index contributed by atoms with van der Waals surface area (Å²) in [6.07, 6.45) is 0.633. The number of aliphatic hydroxyl groups excluding tert-OH is 4. The Morgan fingerprint density at radius 3 is 2.20 bits per heavy atom. The van der Waals surface area contributed by atoms with Crippen LogP contribution in [0.15, 0.2) is 23.8 Å². The molecule has 26 atom stereocenters. The minimum atomic E-state index is -2.03. The standard InChI is InChI=1S/C61H105N3O15/c1-17-46-60(13,72)51(67)38(7)64(26-20-25-62-55(70)61(73)33(2)27-42-41-23-22-40-21-18-19-24-57(40,10)48(41)44(65)30-58(42,61)11)32-56(9,71)29-45(66)50(79-54-35(4)43(63(14)15)28-34(3)75-54)36(5)49(37(6)53(69)77-46)78-47-31-59(12,74-16)52(68)39(8)76-47/h19,21,24,33-39,41-52,54,65-68,71-73H,17-18,20,22-23,25-32H2,1-16H3,(H,62,70)/t33-,34-,35-,36+,37-,38-,39-,41?,42?,43?,44+,45-,46-,47-,48?,49+,50-,51-,52-,54+,56?,57+,58+,59+,60-,61+/m1/s1.